The molecule has 0 aliphatic carbocycles. The second-order valence-corrected chi connectivity index (χ2v) is 8.13. The van der Waals surface area contributed by atoms with Gasteiger partial charge in [-0.3, -0.25) is 14.5 Å². The summed E-state index contributed by atoms with van der Waals surface area (Å²) in [4.78, 5) is 35.5. The Morgan fingerprint density at radius 1 is 1.24 bits per heavy atom. The number of nitrogens with zero attached hydrogens (tertiary/aromatic N) is 5. The van der Waals surface area contributed by atoms with Crippen molar-refractivity contribution in [1.29, 1.82) is 0 Å². The van der Waals surface area contributed by atoms with Crippen molar-refractivity contribution in [2.24, 2.45) is 13.0 Å². The standard InChI is InChI=1S/C18H29N5O2/c1-18(2,3)23-12-14(11-16(23)24)17(25)22-9-7-21(8-10-22)13-15-19-5-6-20(15)4/h5-6,14H,7-13H2,1-4H3/t14-/m1/s1. The zero-order chi connectivity index (χ0) is 18.2. The minimum Gasteiger partial charge on any atom is -0.340 e. The molecule has 0 bridgehead atoms. The predicted molar refractivity (Wildman–Crippen MR) is 94.6 cm³/mol. The molecule has 138 valence electrons. The lowest BCUT2D eigenvalue weighted by Crippen LogP contribution is -2.50. The lowest BCUT2D eigenvalue weighted by Gasteiger charge is -2.36. The molecule has 7 nitrogen and oxygen atoms in total. The van der Waals surface area contributed by atoms with Gasteiger partial charge in [0.25, 0.3) is 0 Å². The third-order valence-electron chi connectivity index (χ3n) is 5.25. The van der Waals surface area contributed by atoms with E-state index >= 15 is 0 Å². The van der Waals surface area contributed by atoms with Crippen molar-refractivity contribution in [3.8, 4) is 0 Å². The van der Waals surface area contributed by atoms with Gasteiger partial charge in [-0.2, -0.15) is 0 Å². The second-order valence-electron chi connectivity index (χ2n) is 8.13. The normalized spacial score (nSPS) is 22.7. The fourth-order valence-electron chi connectivity index (χ4n) is 3.65. The number of imidazole rings is 1. The summed E-state index contributed by atoms with van der Waals surface area (Å²) in [5, 5.41) is 0. The van der Waals surface area contributed by atoms with Gasteiger partial charge in [0.2, 0.25) is 11.8 Å². The molecule has 2 aliphatic heterocycles. The molecule has 2 fully saturated rings. The molecule has 1 atom stereocenters. The number of piperazine rings is 1. The van der Waals surface area contributed by atoms with Gasteiger partial charge in [0.15, 0.2) is 0 Å². The van der Waals surface area contributed by atoms with Crippen LogP contribution < -0.4 is 0 Å². The van der Waals surface area contributed by atoms with Crippen LogP contribution in [0, 0.1) is 5.92 Å². The summed E-state index contributed by atoms with van der Waals surface area (Å²) in [7, 11) is 2.00. The zero-order valence-corrected chi connectivity index (χ0v) is 15.7. The molecule has 0 aromatic carbocycles. The van der Waals surface area contributed by atoms with Crippen molar-refractivity contribution in [2.75, 3.05) is 32.7 Å². The fourth-order valence-corrected chi connectivity index (χ4v) is 3.65. The van der Waals surface area contributed by atoms with Gasteiger partial charge in [-0.25, -0.2) is 4.98 Å². The molecule has 1 aromatic rings. The van der Waals surface area contributed by atoms with E-state index in [9.17, 15) is 9.59 Å². The highest BCUT2D eigenvalue weighted by Gasteiger charge is 2.41. The monoisotopic (exact) mass is 347 g/mol. The van der Waals surface area contributed by atoms with Crippen LogP contribution in [0.4, 0.5) is 0 Å². The van der Waals surface area contributed by atoms with Gasteiger partial charge in [0.05, 0.1) is 12.5 Å². The van der Waals surface area contributed by atoms with E-state index in [1.54, 1.807) is 0 Å². The molecule has 7 heteroatoms. The summed E-state index contributed by atoms with van der Waals surface area (Å²) < 4.78 is 2.03. The van der Waals surface area contributed by atoms with E-state index in [2.05, 4.69) is 9.88 Å². The maximum absolute atomic E-state index is 12.8. The Kier molecular flexibility index (Phi) is 4.86. The van der Waals surface area contributed by atoms with Crippen LogP contribution in [-0.4, -0.2) is 74.3 Å². The Morgan fingerprint density at radius 2 is 1.92 bits per heavy atom. The van der Waals surface area contributed by atoms with E-state index < -0.39 is 0 Å². The van der Waals surface area contributed by atoms with E-state index in [0.717, 1.165) is 38.5 Å². The van der Waals surface area contributed by atoms with E-state index in [1.807, 2.05) is 54.6 Å². The Bertz CT molecular complexity index is 640. The first-order valence-corrected chi connectivity index (χ1v) is 9.03. The molecular weight excluding hydrogens is 318 g/mol. The van der Waals surface area contributed by atoms with E-state index in [0.29, 0.717) is 13.0 Å². The quantitative estimate of drug-likeness (QED) is 0.808. The molecule has 0 radical (unpaired) electrons. The van der Waals surface area contributed by atoms with Crippen LogP contribution in [-0.2, 0) is 23.2 Å². The van der Waals surface area contributed by atoms with E-state index in [4.69, 9.17) is 0 Å². The van der Waals surface area contributed by atoms with Crippen LogP contribution in [0.25, 0.3) is 0 Å². The maximum Gasteiger partial charge on any atom is 0.228 e. The largest absolute Gasteiger partial charge is 0.340 e. The molecule has 0 spiro atoms. The third-order valence-corrected chi connectivity index (χ3v) is 5.25. The predicted octanol–water partition coefficient (Wildman–Crippen LogP) is 0.711. The molecule has 0 saturated carbocycles. The molecule has 1 aromatic heterocycles. The lowest BCUT2D eigenvalue weighted by molar-refractivity contribution is -0.137. The molecule has 0 unspecified atom stereocenters. The van der Waals surface area contributed by atoms with Crippen LogP contribution in [0.15, 0.2) is 12.4 Å². The first-order chi connectivity index (χ1) is 11.8. The minimum absolute atomic E-state index is 0.0965. The Labute approximate surface area is 149 Å². The highest BCUT2D eigenvalue weighted by atomic mass is 16.2. The number of carbonyl (C=O) groups excluding carboxylic acids is 2. The number of rotatable bonds is 3. The van der Waals surface area contributed by atoms with Crippen molar-refractivity contribution in [3.63, 3.8) is 0 Å². The van der Waals surface area contributed by atoms with E-state index in [1.165, 1.54) is 0 Å². The average molecular weight is 347 g/mol. The van der Waals surface area contributed by atoms with Crippen LogP contribution in [0.2, 0.25) is 0 Å². The topological polar surface area (TPSA) is 61.7 Å². The second kappa shape index (κ2) is 6.78. The average Bonchev–Trinajstić information content (AvgIpc) is 3.13. The third kappa shape index (κ3) is 3.86. The van der Waals surface area contributed by atoms with Gasteiger partial charge in [0.1, 0.15) is 5.82 Å². The van der Waals surface area contributed by atoms with Gasteiger partial charge in [-0.1, -0.05) is 0 Å². The molecule has 2 aliphatic rings. The molecule has 25 heavy (non-hydrogen) atoms. The summed E-state index contributed by atoms with van der Waals surface area (Å²) in [6.45, 7) is 10.6. The van der Waals surface area contributed by atoms with Crippen molar-refractivity contribution in [3.05, 3.63) is 18.2 Å². The summed E-state index contributed by atoms with van der Waals surface area (Å²) >= 11 is 0. The van der Waals surface area contributed by atoms with Gasteiger partial charge in [-0.05, 0) is 20.8 Å². The van der Waals surface area contributed by atoms with Crippen molar-refractivity contribution in [1.82, 2.24) is 24.3 Å². The summed E-state index contributed by atoms with van der Waals surface area (Å²) in [6, 6.07) is 0. The Balaban J connectivity index is 1.52. The van der Waals surface area contributed by atoms with Gasteiger partial charge in [-0.15, -0.1) is 0 Å². The Hall–Kier alpha value is -1.89. The molecule has 2 amide bonds. The first-order valence-electron chi connectivity index (χ1n) is 9.03. The van der Waals surface area contributed by atoms with Gasteiger partial charge >= 0.3 is 0 Å². The molecule has 3 rings (SSSR count). The van der Waals surface area contributed by atoms with Crippen LogP contribution in [0.1, 0.15) is 33.0 Å². The number of carbonyl (C=O) groups is 2. The fraction of sp³-hybridized carbons (Fsp3) is 0.722. The van der Waals surface area contributed by atoms with Crippen LogP contribution in [0.3, 0.4) is 0 Å². The Morgan fingerprint density at radius 3 is 2.44 bits per heavy atom. The maximum atomic E-state index is 12.8. The van der Waals surface area contributed by atoms with Crippen LogP contribution >= 0.6 is 0 Å². The first kappa shape index (κ1) is 17.9. The number of aryl methyl sites for hydroxylation is 1. The molecule has 2 saturated heterocycles. The molecule has 3 heterocycles. The smallest absolute Gasteiger partial charge is 0.228 e. The highest BCUT2D eigenvalue weighted by Crippen LogP contribution is 2.27. The van der Waals surface area contributed by atoms with Crippen LogP contribution in [0.5, 0.6) is 0 Å². The SMILES string of the molecule is Cn1ccnc1CN1CCN(C(=O)[C@@H]2CC(=O)N(C(C)(C)C)C2)CC1. The van der Waals surface area contributed by atoms with Gasteiger partial charge < -0.3 is 14.4 Å². The number of amides is 2. The van der Waals surface area contributed by atoms with Crippen molar-refractivity contribution in [2.45, 2.75) is 39.3 Å². The highest BCUT2D eigenvalue weighted by molar-refractivity contribution is 5.89. The number of likely N-dealkylation sites (tertiary alicyclic amines) is 1. The number of aromatic nitrogens is 2. The summed E-state index contributed by atoms with van der Waals surface area (Å²) in [6.07, 6.45) is 4.12. The van der Waals surface area contributed by atoms with Crippen molar-refractivity contribution >= 4 is 11.8 Å². The number of hydrogen-bond acceptors (Lipinski definition) is 4. The molecular formula is C18H29N5O2. The minimum atomic E-state index is -0.215. The van der Waals surface area contributed by atoms with E-state index in [-0.39, 0.29) is 23.3 Å². The summed E-state index contributed by atoms with van der Waals surface area (Å²) in [5.41, 5.74) is -0.215. The summed E-state index contributed by atoms with van der Waals surface area (Å²) in [5.74, 6) is 1.09. The molecule has 0 N–H and O–H groups in total. The number of hydrogen-bond donors (Lipinski definition) is 0. The van der Waals surface area contributed by atoms with Gasteiger partial charge in [0, 0.05) is 64.1 Å². The zero-order valence-electron chi connectivity index (χ0n) is 15.7. The lowest BCUT2D eigenvalue weighted by atomic mass is 10.1. The van der Waals surface area contributed by atoms with Crippen molar-refractivity contribution < 1.29 is 9.59 Å².